The minimum Gasteiger partial charge on any atom is -0.248 e. The van der Waals surface area contributed by atoms with Crippen molar-refractivity contribution in [1.29, 1.82) is 0 Å². The summed E-state index contributed by atoms with van der Waals surface area (Å²) in [5.41, 5.74) is 4.09. The maximum Gasteiger partial charge on any atom is 0.416 e. The quantitative estimate of drug-likeness (QED) is 0.383. The van der Waals surface area contributed by atoms with Crippen LogP contribution in [-0.4, -0.2) is 14.8 Å². The van der Waals surface area contributed by atoms with Crippen LogP contribution in [0.15, 0.2) is 53.9 Å². The van der Waals surface area contributed by atoms with Gasteiger partial charge < -0.3 is 0 Å². The molecule has 0 radical (unpaired) electrons. The van der Waals surface area contributed by atoms with Gasteiger partial charge in [-0.1, -0.05) is 36.4 Å². The van der Waals surface area contributed by atoms with Gasteiger partial charge in [0.05, 0.1) is 5.56 Å². The van der Waals surface area contributed by atoms with E-state index in [0.717, 1.165) is 50.7 Å². The monoisotopic (exact) mass is 413 g/mol. The van der Waals surface area contributed by atoms with Gasteiger partial charge in [0.1, 0.15) is 0 Å². The van der Waals surface area contributed by atoms with Gasteiger partial charge in [-0.2, -0.15) is 18.3 Å². The van der Waals surface area contributed by atoms with Crippen molar-refractivity contribution < 1.29 is 13.2 Å². The molecule has 0 aliphatic rings. The number of benzene rings is 2. The molecule has 0 aliphatic heterocycles. The van der Waals surface area contributed by atoms with Crippen LogP contribution in [0.25, 0.3) is 33.2 Å². The molecule has 0 aliphatic carbocycles. The zero-order chi connectivity index (χ0) is 20.8. The molecule has 4 aromatic rings. The van der Waals surface area contributed by atoms with Crippen LogP contribution in [0.4, 0.5) is 13.2 Å². The number of hydrogen-bond acceptors (Lipinski definition) is 3. The van der Waals surface area contributed by atoms with Gasteiger partial charge in [0, 0.05) is 28.4 Å². The van der Waals surface area contributed by atoms with Crippen LogP contribution in [0.1, 0.15) is 16.7 Å². The van der Waals surface area contributed by atoms with Crippen molar-refractivity contribution in [1.82, 2.24) is 14.8 Å². The first kappa shape index (κ1) is 19.4. The summed E-state index contributed by atoms with van der Waals surface area (Å²) in [6.07, 6.45) is -4.33. The van der Waals surface area contributed by atoms with Gasteiger partial charge in [0.2, 0.25) is 0 Å². The lowest BCUT2D eigenvalue weighted by molar-refractivity contribution is -0.137. The molecule has 4 rings (SSSR count). The van der Waals surface area contributed by atoms with Crippen molar-refractivity contribution in [3.8, 4) is 33.2 Å². The molecule has 29 heavy (non-hydrogen) atoms. The van der Waals surface area contributed by atoms with Crippen molar-refractivity contribution in [2.75, 3.05) is 0 Å². The highest BCUT2D eigenvalue weighted by molar-refractivity contribution is 7.14. The topological polar surface area (TPSA) is 30.7 Å². The van der Waals surface area contributed by atoms with E-state index in [0.29, 0.717) is 5.82 Å². The molecule has 2 aromatic carbocycles. The van der Waals surface area contributed by atoms with Gasteiger partial charge in [-0.15, -0.1) is 11.3 Å². The first-order chi connectivity index (χ1) is 13.8. The fourth-order valence-electron chi connectivity index (χ4n) is 3.29. The van der Waals surface area contributed by atoms with Crippen molar-refractivity contribution >= 4 is 11.3 Å². The molecule has 148 valence electrons. The molecule has 0 saturated carbocycles. The minimum absolute atomic E-state index is 0.646. The zero-order valence-electron chi connectivity index (χ0n) is 16.1. The van der Waals surface area contributed by atoms with Crippen LogP contribution in [0.3, 0.4) is 0 Å². The Balaban J connectivity index is 1.72. The van der Waals surface area contributed by atoms with E-state index < -0.39 is 11.7 Å². The molecule has 0 fully saturated rings. The van der Waals surface area contributed by atoms with Crippen molar-refractivity contribution in [2.24, 2.45) is 7.05 Å². The molecule has 0 N–H and O–H groups in total. The normalized spacial score (nSPS) is 11.8. The van der Waals surface area contributed by atoms with E-state index in [2.05, 4.69) is 5.10 Å². The third-order valence-corrected chi connectivity index (χ3v) is 6.03. The molecule has 2 aromatic heterocycles. The largest absolute Gasteiger partial charge is 0.416 e. The van der Waals surface area contributed by atoms with E-state index in [1.807, 2.05) is 50.5 Å². The molecule has 0 unspecified atom stereocenters. The average Bonchev–Trinajstić information content (AvgIpc) is 3.24. The third-order valence-electron chi connectivity index (χ3n) is 4.90. The van der Waals surface area contributed by atoms with Crippen LogP contribution >= 0.6 is 11.3 Å². The van der Waals surface area contributed by atoms with Crippen LogP contribution in [0.2, 0.25) is 0 Å². The number of thiophene rings is 1. The smallest absolute Gasteiger partial charge is 0.248 e. The zero-order valence-corrected chi connectivity index (χ0v) is 16.9. The van der Waals surface area contributed by atoms with Crippen molar-refractivity contribution in [3.05, 3.63) is 70.6 Å². The van der Waals surface area contributed by atoms with E-state index in [1.54, 1.807) is 4.68 Å². The van der Waals surface area contributed by atoms with Gasteiger partial charge in [-0.3, -0.25) is 0 Å². The molecule has 2 heterocycles. The van der Waals surface area contributed by atoms with E-state index in [4.69, 9.17) is 4.98 Å². The summed E-state index contributed by atoms with van der Waals surface area (Å²) in [6, 6.07) is 13.2. The standard InChI is InChI=1S/C22H18F3N3S/c1-13-6-4-5-7-17(13)20-26-21(28(3)27-20)18-12-29-19(14(18)2)15-8-10-16(11-9-15)22(23,24)25/h4-12H,1-3H3. The Labute approximate surface area is 170 Å². The van der Waals surface area contributed by atoms with E-state index >= 15 is 0 Å². The van der Waals surface area contributed by atoms with Crippen LogP contribution < -0.4 is 0 Å². The van der Waals surface area contributed by atoms with Gasteiger partial charge in [-0.05, 0) is 42.7 Å². The lowest BCUT2D eigenvalue weighted by Gasteiger charge is -2.07. The number of aryl methyl sites for hydroxylation is 2. The second kappa shape index (κ2) is 7.15. The van der Waals surface area contributed by atoms with E-state index in [1.165, 1.54) is 23.5 Å². The number of rotatable bonds is 3. The van der Waals surface area contributed by atoms with Crippen molar-refractivity contribution in [3.63, 3.8) is 0 Å². The summed E-state index contributed by atoms with van der Waals surface area (Å²) < 4.78 is 40.2. The van der Waals surface area contributed by atoms with E-state index in [9.17, 15) is 13.2 Å². The van der Waals surface area contributed by atoms with Gasteiger partial charge in [0.25, 0.3) is 0 Å². The van der Waals surface area contributed by atoms with E-state index in [-0.39, 0.29) is 0 Å². The molecular formula is C22H18F3N3S. The summed E-state index contributed by atoms with van der Waals surface area (Å²) in [6.45, 7) is 3.98. The third kappa shape index (κ3) is 3.58. The second-order valence-electron chi connectivity index (χ2n) is 6.88. The lowest BCUT2D eigenvalue weighted by atomic mass is 10.0. The number of halogens is 3. The molecule has 0 saturated heterocycles. The maximum atomic E-state index is 12.8. The first-order valence-corrected chi connectivity index (χ1v) is 9.87. The van der Waals surface area contributed by atoms with Gasteiger partial charge in [-0.25, -0.2) is 9.67 Å². The summed E-state index contributed by atoms with van der Waals surface area (Å²) in [4.78, 5) is 5.66. The Hall–Kier alpha value is -2.93. The number of nitrogens with zero attached hydrogens (tertiary/aromatic N) is 3. The van der Waals surface area contributed by atoms with Gasteiger partial charge in [0.15, 0.2) is 11.6 Å². The predicted octanol–water partition coefficient (Wildman–Crippen LogP) is 6.51. The molecular weight excluding hydrogens is 395 g/mol. The average molecular weight is 413 g/mol. The molecule has 0 bridgehead atoms. The Kier molecular flexibility index (Phi) is 4.78. The molecule has 3 nitrogen and oxygen atoms in total. The summed E-state index contributed by atoms with van der Waals surface area (Å²) in [7, 11) is 1.85. The Morgan fingerprint density at radius 2 is 1.62 bits per heavy atom. The highest BCUT2D eigenvalue weighted by Gasteiger charge is 2.30. The molecule has 0 spiro atoms. The number of alkyl halides is 3. The van der Waals surface area contributed by atoms with Crippen LogP contribution in [-0.2, 0) is 13.2 Å². The fourth-order valence-corrected chi connectivity index (χ4v) is 4.37. The fraction of sp³-hybridized carbons (Fsp3) is 0.182. The van der Waals surface area contributed by atoms with Gasteiger partial charge >= 0.3 is 6.18 Å². The molecule has 0 atom stereocenters. The summed E-state index contributed by atoms with van der Waals surface area (Å²) in [5, 5.41) is 6.55. The highest BCUT2D eigenvalue weighted by Crippen LogP contribution is 2.39. The highest BCUT2D eigenvalue weighted by atomic mass is 32.1. The Morgan fingerprint density at radius 3 is 2.28 bits per heavy atom. The summed E-state index contributed by atoms with van der Waals surface area (Å²) >= 11 is 1.49. The summed E-state index contributed by atoms with van der Waals surface area (Å²) in [5.74, 6) is 1.39. The predicted molar refractivity (Wildman–Crippen MR) is 110 cm³/mol. The SMILES string of the molecule is Cc1ccccc1-c1nc(-c2csc(-c3ccc(C(F)(F)F)cc3)c2C)n(C)n1. The Bertz CT molecular complexity index is 1170. The minimum atomic E-state index is -4.33. The second-order valence-corrected chi connectivity index (χ2v) is 7.76. The number of hydrogen-bond donors (Lipinski definition) is 0. The number of aromatic nitrogens is 3. The molecule has 7 heteroatoms. The maximum absolute atomic E-state index is 12.8. The lowest BCUT2D eigenvalue weighted by Crippen LogP contribution is -2.03. The van der Waals surface area contributed by atoms with Crippen LogP contribution in [0.5, 0.6) is 0 Å². The van der Waals surface area contributed by atoms with Crippen LogP contribution in [0, 0.1) is 13.8 Å². The Morgan fingerprint density at radius 1 is 0.931 bits per heavy atom. The van der Waals surface area contributed by atoms with Crippen molar-refractivity contribution in [2.45, 2.75) is 20.0 Å². The molecule has 0 amide bonds. The first-order valence-electron chi connectivity index (χ1n) is 8.99.